The van der Waals surface area contributed by atoms with Crippen LogP contribution in [0.15, 0.2) is 33.6 Å². The van der Waals surface area contributed by atoms with E-state index in [0.29, 0.717) is 36.7 Å². The molecule has 1 aromatic carbocycles. The molecule has 1 aliphatic rings. The molecule has 0 unspecified atom stereocenters. The van der Waals surface area contributed by atoms with Crippen LogP contribution in [0.4, 0.5) is 0 Å². The molecule has 0 spiro atoms. The first-order valence-electron chi connectivity index (χ1n) is 9.94. The van der Waals surface area contributed by atoms with Gasteiger partial charge in [0.25, 0.3) is 5.91 Å². The van der Waals surface area contributed by atoms with Crippen molar-refractivity contribution in [2.45, 2.75) is 31.7 Å². The van der Waals surface area contributed by atoms with Crippen molar-refractivity contribution in [2.24, 2.45) is 0 Å². The lowest BCUT2D eigenvalue weighted by atomic mass is 10.1. The van der Waals surface area contributed by atoms with E-state index in [2.05, 4.69) is 10.1 Å². The van der Waals surface area contributed by atoms with E-state index in [9.17, 15) is 18.0 Å². The van der Waals surface area contributed by atoms with Gasteiger partial charge in [-0.2, -0.15) is 4.31 Å². The van der Waals surface area contributed by atoms with E-state index in [1.807, 2.05) is 6.92 Å². The maximum atomic E-state index is 13.1. The molecule has 10 heteroatoms. The number of aryl methyl sites for hydroxylation is 2. The average molecular weight is 451 g/mol. The smallest absolute Gasteiger partial charge is 0.341 e. The summed E-state index contributed by atoms with van der Waals surface area (Å²) >= 11 is 0. The van der Waals surface area contributed by atoms with Crippen LogP contribution in [-0.2, 0) is 32.5 Å². The number of rotatable bonds is 7. The van der Waals surface area contributed by atoms with Gasteiger partial charge < -0.3 is 19.2 Å². The number of hydrogen-bond acceptors (Lipinski definition) is 7. The van der Waals surface area contributed by atoms with Crippen LogP contribution in [-0.4, -0.2) is 58.0 Å². The Bertz CT molecular complexity index is 1070. The van der Waals surface area contributed by atoms with Gasteiger partial charge in [-0.3, -0.25) is 4.79 Å². The number of methoxy groups -OCH3 is 1. The molecule has 1 aliphatic heterocycles. The number of carbonyl (C=O) groups excluding carboxylic acids is 2. The van der Waals surface area contributed by atoms with Crippen LogP contribution in [0.5, 0.6) is 0 Å². The molecule has 0 atom stereocenters. The maximum absolute atomic E-state index is 13.1. The highest BCUT2D eigenvalue weighted by Crippen LogP contribution is 2.24. The van der Waals surface area contributed by atoms with E-state index < -0.39 is 21.9 Å². The summed E-state index contributed by atoms with van der Waals surface area (Å²) in [6, 6.07) is 6.18. The van der Waals surface area contributed by atoms with Crippen LogP contribution in [0, 0.1) is 6.92 Å². The Morgan fingerprint density at radius 2 is 1.90 bits per heavy atom. The molecule has 1 aromatic heterocycles. The summed E-state index contributed by atoms with van der Waals surface area (Å²) in [5.41, 5.74) is 1.16. The maximum Gasteiger partial charge on any atom is 0.341 e. The molecule has 3 rings (SSSR count). The Kier molecular flexibility index (Phi) is 7.14. The molecule has 1 amide bonds. The number of esters is 1. The summed E-state index contributed by atoms with van der Waals surface area (Å²) in [7, 11) is -2.46. The highest BCUT2D eigenvalue weighted by atomic mass is 32.2. The summed E-state index contributed by atoms with van der Waals surface area (Å²) in [6.07, 6.45) is 0.517. The molecule has 0 radical (unpaired) electrons. The Morgan fingerprint density at radius 3 is 2.55 bits per heavy atom. The van der Waals surface area contributed by atoms with E-state index in [4.69, 9.17) is 9.15 Å². The van der Waals surface area contributed by atoms with Crippen LogP contribution in [0.3, 0.4) is 0 Å². The molecule has 2 aromatic rings. The van der Waals surface area contributed by atoms with Gasteiger partial charge in [-0.15, -0.1) is 0 Å². The SMILES string of the molecule is CCc1ccc(C(=O)NCc2cc(C(=O)OC)c(C)o2)cc1S(=O)(=O)N1CCOCC1. The topological polar surface area (TPSA) is 115 Å². The second-order valence-corrected chi connectivity index (χ2v) is 8.96. The van der Waals surface area contributed by atoms with Crippen molar-refractivity contribution in [1.29, 1.82) is 0 Å². The number of furan rings is 1. The zero-order valence-corrected chi connectivity index (χ0v) is 18.6. The van der Waals surface area contributed by atoms with E-state index in [1.54, 1.807) is 19.1 Å². The fourth-order valence-electron chi connectivity index (χ4n) is 3.37. The molecule has 168 valence electrons. The monoisotopic (exact) mass is 450 g/mol. The van der Waals surface area contributed by atoms with Crippen LogP contribution in [0.1, 0.15) is 44.7 Å². The molecule has 9 nitrogen and oxygen atoms in total. The lowest BCUT2D eigenvalue weighted by molar-refractivity contribution is 0.0598. The molecule has 1 fully saturated rings. The van der Waals surface area contributed by atoms with E-state index in [0.717, 1.165) is 0 Å². The zero-order chi connectivity index (χ0) is 22.6. The van der Waals surface area contributed by atoms with Crippen LogP contribution >= 0.6 is 0 Å². The van der Waals surface area contributed by atoms with Gasteiger partial charge in [0, 0.05) is 18.7 Å². The number of morpholine rings is 1. The normalized spacial score (nSPS) is 14.9. The summed E-state index contributed by atoms with van der Waals surface area (Å²) < 4.78 is 43.1. The third-order valence-corrected chi connectivity index (χ3v) is 7.08. The average Bonchev–Trinajstić information content (AvgIpc) is 3.17. The quantitative estimate of drug-likeness (QED) is 0.641. The number of hydrogen-bond donors (Lipinski definition) is 1. The van der Waals surface area contributed by atoms with Crippen LogP contribution in [0.25, 0.3) is 0 Å². The molecule has 31 heavy (non-hydrogen) atoms. The summed E-state index contributed by atoms with van der Waals surface area (Å²) in [5.74, 6) is -0.193. The zero-order valence-electron chi connectivity index (χ0n) is 17.8. The molecule has 0 saturated carbocycles. The predicted octanol–water partition coefficient (Wildman–Crippen LogP) is 1.89. The lowest BCUT2D eigenvalue weighted by Gasteiger charge is -2.27. The van der Waals surface area contributed by atoms with E-state index in [1.165, 1.54) is 23.5 Å². The van der Waals surface area contributed by atoms with Gasteiger partial charge >= 0.3 is 5.97 Å². The number of nitrogens with one attached hydrogen (secondary N) is 1. The number of carbonyl (C=O) groups is 2. The number of nitrogens with zero attached hydrogens (tertiary/aromatic N) is 1. The van der Waals surface area contributed by atoms with Gasteiger partial charge in [0.05, 0.1) is 31.8 Å². The first kappa shape index (κ1) is 23.0. The summed E-state index contributed by atoms with van der Waals surface area (Å²) in [6.45, 7) is 4.78. The van der Waals surface area contributed by atoms with Crippen molar-refractivity contribution in [2.75, 3.05) is 33.4 Å². The fourth-order valence-corrected chi connectivity index (χ4v) is 5.09. The lowest BCUT2D eigenvalue weighted by Crippen LogP contribution is -2.41. The van der Waals surface area contributed by atoms with Gasteiger partial charge in [0.15, 0.2) is 0 Å². The first-order valence-corrected chi connectivity index (χ1v) is 11.4. The molecule has 0 bridgehead atoms. The number of ether oxygens (including phenoxy) is 2. The molecule has 1 saturated heterocycles. The van der Waals surface area contributed by atoms with E-state index >= 15 is 0 Å². The van der Waals surface area contributed by atoms with Crippen molar-refractivity contribution >= 4 is 21.9 Å². The van der Waals surface area contributed by atoms with Crippen molar-refractivity contribution in [1.82, 2.24) is 9.62 Å². The predicted molar refractivity (Wildman–Crippen MR) is 111 cm³/mol. The Balaban J connectivity index is 1.79. The summed E-state index contributed by atoms with van der Waals surface area (Å²) in [5, 5.41) is 2.70. The standard InChI is InChI=1S/C21H26N2O7S/c1-4-15-5-6-16(11-19(15)31(26,27)23-7-9-29-10-8-23)20(24)22-13-17-12-18(14(2)30-17)21(25)28-3/h5-6,11-12H,4,7-10,13H2,1-3H3,(H,22,24). The van der Waals surface area contributed by atoms with Crippen molar-refractivity contribution in [3.8, 4) is 0 Å². The van der Waals surface area contributed by atoms with Gasteiger partial charge in [-0.05, 0) is 37.1 Å². The largest absolute Gasteiger partial charge is 0.465 e. The van der Waals surface area contributed by atoms with Gasteiger partial charge in [0.2, 0.25) is 10.0 Å². The van der Waals surface area contributed by atoms with Gasteiger partial charge in [0.1, 0.15) is 17.1 Å². The molecule has 0 aliphatic carbocycles. The molecular weight excluding hydrogens is 424 g/mol. The Morgan fingerprint density at radius 1 is 1.19 bits per heavy atom. The Hall–Kier alpha value is -2.69. The number of amides is 1. The van der Waals surface area contributed by atoms with Crippen LogP contribution in [0.2, 0.25) is 0 Å². The summed E-state index contributed by atoms with van der Waals surface area (Å²) in [4.78, 5) is 24.5. The number of sulfonamides is 1. The second kappa shape index (κ2) is 9.63. The molecular formula is C21H26N2O7S. The van der Waals surface area contributed by atoms with Crippen LogP contribution < -0.4 is 5.32 Å². The van der Waals surface area contributed by atoms with Crippen molar-refractivity contribution in [3.05, 3.63) is 52.5 Å². The minimum absolute atomic E-state index is 0.0394. The Labute approximate surface area is 181 Å². The molecule has 1 N–H and O–H groups in total. The first-order chi connectivity index (χ1) is 14.8. The highest BCUT2D eigenvalue weighted by Gasteiger charge is 2.29. The fraction of sp³-hybridized carbons (Fsp3) is 0.429. The third-order valence-electron chi connectivity index (χ3n) is 5.10. The van der Waals surface area contributed by atoms with Gasteiger partial charge in [-0.25, -0.2) is 13.2 Å². The molecule has 2 heterocycles. The third kappa shape index (κ3) is 4.97. The van der Waals surface area contributed by atoms with Crippen molar-refractivity contribution < 1.29 is 31.9 Å². The van der Waals surface area contributed by atoms with Crippen molar-refractivity contribution in [3.63, 3.8) is 0 Å². The minimum atomic E-state index is -3.74. The van der Waals surface area contributed by atoms with Gasteiger partial charge in [-0.1, -0.05) is 13.0 Å². The minimum Gasteiger partial charge on any atom is -0.465 e. The van der Waals surface area contributed by atoms with E-state index in [-0.39, 0.29) is 35.7 Å². The highest BCUT2D eigenvalue weighted by molar-refractivity contribution is 7.89. The second-order valence-electron chi connectivity index (χ2n) is 7.05. The number of benzene rings is 1.